The molecule has 0 saturated heterocycles. The van der Waals surface area contributed by atoms with Crippen molar-refractivity contribution < 1.29 is 14.3 Å². The zero-order chi connectivity index (χ0) is 22.5. The molecule has 0 aliphatic carbocycles. The van der Waals surface area contributed by atoms with Crippen LogP contribution in [0.5, 0.6) is 0 Å². The van der Waals surface area contributed by atoms with Crippen LogP contribution in [0.2, 0.25) is 0 Å². The summed E-state index contributed by atoms with van der Waals surface area (Å²) in [6, 6.07) is 16.6. The van der Waals surface area contributed by atoms with Crippen molar-refractivity contribution in [1.82, 2.24) is 9.78 Å². The molecular formula is C24H24N4O3. The number of anilines is 1. The number of amides is 1. The molecule has 0 fully saturated rings. The lowest BCUT2D eigenvalue weighted by molar-refractivity contribution is -0.123. The molecule has 2 aromatic carbocycles. The van der Waals surface area contributed by atoms with E-state index in [-0.39, 0.29) is 0 Å². The maximum absolute atomic E-state index is 12.8. The third kappa shape index (κ3) is 5.17. The highest BCUT2D eigenvalue weighted by Crippen LogP contribution is 2.18. The van der Waals surface area contributed by atoms with Gasteiger partial charge in [0.05, 0.1) is 29.6 Å². The Hall–Kier alpha value is -3.92. The van der Waals surface area contributed by atoms with E-state index in [0.29, 0.717) is 34.7 Å². The van der Waals surface area contributed by atoms with Crippen LogP contribution in [0.1, 0.15) is 45.4 Å². The summed E-state index contributed by atoms with van der Waals surface area (Å²) in [4.78, 5) is 25.2. The maximum Gasteiger partial charge on any atom is 0.342 e. The first-order valence-electron chi connectivity index (χ1n) is 9.90. The van der Waals surface area contributed by atoms with Crippen LogP contribution in [0.25, 0.3) is 0 Å². The Morgan fingerprint density at radius 1 is 1.10 bits per heavy atom. The summed E-state index contributed by atoms with van der Waals surface area (Å²) in [6.07, 6.45) is -0.998. The molecule has 1 heterocycles. The van der Waals surface area contributed by atoms with Gasteiger partial charge in [0.1, 0.15) is 5.56 Å². The molecule has 7 heteroatoms. The fourth-order valence-corrected chi connectivity index (χ4v) is 3.16. The van der Waals surface area contributed by atoms with Crippen LogP contribution in [0.4, 0.5) is 5.69 Å². The van der Waals surface area contributed by atoms with E-state index in [1.54, 1.807) is 35.9 Å². The summed E-state index contributed by atoms with van der Waals surface area (Å²) in [5.41, 5.74) is 4.86. The number of nitriles is 1. The molecule has 0 spiro atoms. The molecule has 1 aromatic heterocycles. The molecule has 1 N–H and O–H groups in total. The summed E-state index contributed by atoms with van der Waals surface area (Å²) in [5, 5.41) is 16.0. The smallest absolute Gasteiger partial charge is 0.342 e. The summed E-state index contributed by atoms with van der Waals surface area (Å²) < 4.78 is 7.16. The van der Waals surface area contributed by atoms with Gasteiger partial charge in [-0.05, 0) is 57.5 Å². The van der Waals surface area contributed by atoms with Crippen molar-refractivity contribution in [1.29, 1.82) is 5.26 Å². The van der Waals surface area contributed by atoms with E-state index in [0.717, 1.165) is 5.56 Å². The Balaban J connectivity index is 1.67. The van der Waals surface area contributed by atoms with Crippen LogP contribution in [-0.2, 0) is 16.1 Å². The number of hydrogen-bond donors (Lipinski definition) is 1. The highest BCUT2D eigenvalue weighted by Gasteiger charge is 2.24. The lowest BCUT2D eigenvalue weighted by atomic mass is 10.1. The quantitative estimate of drug-likeness (QED) is 0.615. The third-order valence-electron chi connectivity index (χ3n) is 4.97. The number of nitrogens with one attached hydrogen (secondary N) is 1. The molecule has 7 nitrogen and oxygen atoms in total. The van der Waals surface area contributed by atoms with Crippen LogP contribution < -0.4 is 5.32 Å². The number of aromatic nitrogens is 2. The molecular weight excluding hydrogens is 392 g/mol. The first-order valence-corrected chi connectivity index (χ1v) is 9.90. The van der Waals surface area contributed by atoms with Gasteiger partial charge in [-0.3, -0.25) is 9.48 Å². The Kier molecular flexibility index (Phi) is 6.51. The minimum Gasteiger partial charge on any atom is -0.449 e. The molecule has 1 atom stereocenters. The zero-order valence-electron chi connectivity index (χ0n) is 18.0. The van der Waals surface area contributed by atoms with E-state index in [2.05, 4.69) is 10.4 Å². The van der Waals surface area contributed by atoms with Gasteiger partial charge in [0.2, 0.25) is 0 Å². The van der Waals surface area contributed by atoms with E-state index >= 15 is 0 Å². The van der Waals surface area contributed by atoms with Gasteiger partial charge in [0.25, 0.3) is 5.91 Å². The van der Waals surface area contributed by atoms with Gasteiger partial charge >= 0.3 is 5.97 Å². The number of benzene rings is 2. The largest absolute Gasteiger partial charge is 0.449 e. The molecule has 31 heavy (non-hydrogen) atoms. The second-order valence-electron chi connectivity index (χ2n) is 7.42. The van der Waals surface area contributed by atoms with Crippen molar-refractivity contribution in [2.75, 3.05) is 5.32 Å². The van der Waals surface area contributed by atoms with Gasteiger partial charge in [0, 0.05) is 5.69 Å². The summed E-state index contributed by atoms with van der Waals surface area (Å²) in [6.45, 7) is 7.64. The van der Waals surface area contributed by atoms with Crippen LogP contribution in [0.3, 0.4) is 0 Å². The monoisotopic (exact) mass is 416 g/mol. The minimum atomic E-state index is -0.998. The predicted molar refractivity (Wildman–Crippen MR) is 117 cm³/mol. The van der Waals surface area contributed by atoms with Crippen molar-refractivity contribution in [2.45, 2.75) is 40.3 Å². The SMILES string of the molecule is Cc1ccc(Cn2nc(C)c(C(=O)O[C@@H](C)C(=O)Nc3ccc(C#N)cc3)c2C)cc1. The molecule has 1 amide bonds. The molecule has 0 aliphatic rings. The van der Waals surface area contributed by atoms with Crippen molar-refractivity contribution in [3.8, 4) is 6.07 Å². The molecule has 3 aromatic rings. The standard InChI is InChI=1S/C24H24N4O3/c1-15-5-7-20(8-6-15)14-28-17(3)22(16(2)27-28)24(30)31-18(4)23(29)26-21-11-9-19(13-25)10-12-21/h5-12,18H,14H2,1-4H3,(H,26,29)/t18-/m0/s1. The van der Waals surface area contributed by atoms with Crippen molar-refractivity contribution in [2.24, 2.45) is 0 Å². The Bertz CT molecular complexity index is 1140. The Morgan fingerprint density at radius 3 is 2.35 bits per heavy atom. The van der Waals surface area contributed by atoms with E-state index in [1.807, 2.05) is 44.2 Å². The third-order valence-corrected chi connectivity index (χ3v) is 4.97. The highest BCUT2D eigenvalue weighted by molar-refractivity contribution is 5.98. The molecule has 0 bridgehead atoms. The second-order valence-corrected chi connectivity index (χ2v) is 7.42. The zero-order valence-corrected chi connectivity index (χ0v) is 18.0. The number of aryl methyl sites for hydroxylation is 2. The average Bonchev–Trinajstić information content (AvgIpc) is 3.03. The molecule has 0 aliphatic heterocycles. The van der Waals surface area contributed by atoms with E-state index in [4.69, 9.17) is 10.00 Å². The molecule has 0 radical (unpaired) electrons. The maximum atomic E-state index is 12.8. The highest BCUT2D eigenvalue weighted by atomic mass is 16.5. The number of nitrogens with zero attached hydrogens (tertiary/aromatic N) is 3. The van der Waals surface area contributed by atoms with Gasteiger partial charge < -0.3 is 10.1 Å². The van der Waals surface area contributed by atoms with Gasteiger partial charge in [-0.25, -0.2) is 4.79 Å². The molecule has 0 unspecified atom stereocenters. The van der Waals surface area contributed by atoms with E-state index in [9.17, 15) is 9.59 Å². The van der Waals surface area contributed by atoms with Gasteiger partial charge in [0.15, 0.2) is 6.10 Å². The number of rotatable bonds is 6. The van der Waals surface area contributed by atoms with Crippen LogP contribution in [0, 0.1) is 32.1 Å². The second kappa shape index (κ2) is 9.26. The van der Waals surface area contributed by atoms with Crippen LogP contribution in [-0.4, -0.2) is 27.8 Å². The first kappa shape index (κ1) is 21.8. The van der Waals surface area contributed by atoms with Crippen molar-refractivity contribution >= 4 is 17.6 Å². The molecule has 0 saturated carbocycles. The first-order chi connectivity index (χ1) is 14.8. The number of ether oxygens (including phenoxy) is 1. The minimum absolute atomic E-state index is 0.366. The fourth-order valence-electron chi connectivity index (χ4n) is 3.16. The van der Waals surface area contributed by atoms with Gasteiger partial charge in [-0.1, -0.05) is 29.8 Å². The lowest BCUT2D eigenvalue weighted by Gasteiger charge is -2.14. The number of carbonyl (C=O) groups is 2. The van der Waals surface area contributed by atoms with Crippen LogP contribution in [0.15, 0.2) is 48.5 Å². The Morgan fingerprint density at radius 2 is 1.74 bits per heavy atom. The molecule has 3 rings (SSSR count). The summed E-state index contributed by atoms with van der Waals surface area (Å²) >= 11 is 0. The van der Waals surface area contributed by atoms with Gasteiger partial charge in [-0.15, -0.1) is 0 Å². The number of esters is 1. The number of hydrogen-bond acceptors (Lipinski definition) is 5. The summed E-state index contributed by atoms with van der Waals surface area (Å²) in [5.74, 6) is -1.05. The van der Waals surface area contributed by atoms with Gasteiger partial charge in [-0.2, -0.15) is 10.4 Å². The average molecular weight is 416 g/mol. The topological polar surface area (TPSA) is 97.0 Å². The fraction of sp³-hybridized carbons (Fsp3) is 0.250. The van der Waals surface area contributed by atoms with Crippen molar-refractivity contribution in [3.63, 3.8) is 0 Å². The van der Waals surface area contributed by atoms with Crippen LogP contribution >= 0.6 is 0 Å². The summed E-state index contributed by atoms with van der Waals surface area (Å²) in [7, 11) is 0. The normalized spacial score (nSPS) is 11.5. The Labute approximate surface area is 181 Å². The van der Waals surface area contributed by atoms with E-state index < -0.39 is 18.0 Å². The lowest BCUT2D eigenvalue weighted by Crippen LogP contribution is -2.30. The van der Waals surface area contributed by atoms with Crippen molar-refractivity contribution in [3.05, 3.63) is 82.2 Å². The predicted octanol–water partition coefficient (Wildman–Crippen LogP) is 3.91. The molecule has 158 valence electrons. The number of carbonyl (C=O) groups excluding carboxylic acids is 2. The van der Waals surface area contributed by atoms with E-state index in [1.165, 1.54) is 12.5 Å².